The van der Waals surface area contributed by atoms with Crippen LogP contribution in [0.2, 0.25) is 0 Å². The Balaban J connectivity index is 4.28. The Hall–Kier alpha value is 0.560. The van der Waals surface area contributed by atoms with Crippen LogP contribution in [0.5, 0.6) is 0 Å². The van der Waals surface area contributed by atoms with E-state index in [9.17, 15) is 9.79 Å². The second kappa shape index (κ2) is 3.74. The Labute approximate surface area is 77.5 Å². The molecule has 0 saturated carbocycles. The van der Waals surface area contributed by atoms with E-state index in [1.807, 2.05) is 0 Å². The van der Waals surface area contributed by atoms with Crippen molar-refractivity contribution < 1.29 is 18.8 Å². The first-order chi connectivity index (χ1) is 5.10. The van der Waals surface area contributed by atoms with Crippen molar-refractivity contribution in [2.75, 3.05) is 0 Å². The van der Waals surface area contributed by atoms with Crippen molar-refractivity contribution in [1.29, 1.82) is 0 Å². The van der Waals surface area contributed by atoms with Crippen LogP contribution in [-0.2, 0) is 9.05 Å². The van der Waals surface area contributed by atoms with Crippen LogP contribution in [0, 0.1) is 0 Å². The number of halogens is 1. The van der Waals surface area contributed by atoms with E-state index in [2.05, 4.69) is 0 Å². The van der Waals surface area contributed by atoms with E-state index < -0.39 is 19.1 Å². The standard InChI is InChI=1S/C6H16ClO4P/c1-5(2)10-12(7,8,9)11-6(3)4/h5-6,8-9H,1-4H3. The van der Waals surface area contributed by atoms with Crippen molar-refractivity contribution in [2.45, 2.75) is 39.9 Å². The molecule has 0 spiro atoms. The summed E-state index contributed by atoms with van der Waals surface area (Å²) in [4.78, 5) is 18.7. The van der Waals surface area contributed by atoms with E-state index in [-0.39, 0.29) is 0 Å². The summed E-state index contributed by atoms with van der Waals surface area (Å²) in [5.74, 6) is 0. The Morgan fingerprint density at radius 3 is 1.42 bits per heavy atom. The fraction of sp³-hybridized carbons (Fsp3) is 1.00. The van der Waals surface area contributed by atoms with Gasteiger partial charge in [0.05, 0.1) is 0 Å². The summed E-state index contributed by atoms with van der Waals surface area (Å²) in [6, 6.07) is 0. The molecule has 0 rings (SSSR count). The zero-order valence-corrected chi connectivity index (χ0v) is 9.34. The van der Waals surface area contributed by atoms with E-state index >= 15 is 0 Å². The third-order valence-electron chi connectivity index (χ3n) is 0.776. The molecule has 0 radical (unpaired) electrons. The normalized spacial score (nSPS) is 16.6. The van der Waals surface area contributed by atoms with E-state index in [0.29, 0.717) is 0 Å². The van der Waals surface area contributed by atoms with Crippen LogP contribution >= 0.6 is 18.1 Å². The molecule has 0 saturated heterocycles. The maximum absolute atomic E-state index is 9.33. The summed E-state index contributed by atoms with van der Waals surface area (Å²) < 4.78 is 9.44. The summed E-state index contributed by atoms with van der Waals surface area (Å²) in [7, 11) is 0. The molecular formula is C6H16ClO4P. The number of rotatable bonds is 4. The van der Waals surface area contributed by atoms with Crippen molar-refractivity contribution in [3.05, 3.63) is 0 Å². The molecule has 0 aromatic heterocycles. The van der Waals surface area contributed by atoms with Crippen LogP contribution in [0.15, 0.2) is 0 Å². The molecule has 0 aromatic rings. The van der Waals surface area contributed by atoms with Crippen LogP contribution in [0.3, 0.4) is 0 Å². The minimum atomic E-state index is -4.82. The van der Waals surface area contributed by atoms with Gasteiger partial charge in [-0.1, -0.05) is 0 Å². The maximum atomic E-state index is 9.33. The molecule has 6 heteroatoms. The Bertz CT molecular complexity index is 137. The van der Waals surface area contributed by atoms with Crippen molar-refractivity contribution in [1.82, 2.24) is 0 Å². The molecule has 4 nitrogen and oxygen atoms in total. The fourth-order valence-corrected chi connectivity index (χ4v) is 3.16. The number of hydrogen-bond acceptors (Lipinski definition) is 4. The monoisotopic (exact) mass is 218 g/mol. The van der Waals surface area contributed by atoms with Crippen molar-refractivity contribution in [2.24, 2.45) is 0 Å². The molecule has 12 heavy (non-hydrogen) atoms. The summed E-state index contributed by atoms with van der Waals surface area (Å²) in [6.07, 6.45) is -0.789. The van der Waals surface area contributed by atoms with Crippen LogP contribution in [-0.4, -0.2) is 22.0 Å². The molecule has 0 bridgehead atoms. The van der Waals surface area contributed by atoms with Gasteiger partial charge in [-0.25, -0.2) is 0 Å². The first kappa shape index (κ1) is 12.6. The van der Waals surface area contributed by atoms with Crippen LogP contribution in [0.25, 0.3) is 0 Å². The first-order valence-electron chi connectivity index (χ1n) is 3.71. The van der Waals surface area contributed by atoms with Gasteiger partial charge in [-0.15, -0.1) is 0 Å². The predicted octanol–water partition coefficient (Wildman–Crippen LogP) is 2.19. The molecule has 0 aliphatic rings. The van der Waals surface area contributed by atoms with Crippen molar-refractivity contribution in [3.63, 3.8) is 0 Å². The van der Waals surface area contributed by atoms with Crippen molar-refractivity contribution >= 4 is 18.1 Å². The average molecular weight is 219 g/mol. The summed E-state index contributed by atoms with van der Waals surface area (Å²) in [5.41, 5.74) is 0. The van der Waals surface area contributed by atoms with Gasteiger partial charge in [-0.2, -0.15) is 0 Å². The molecule has 0 fully saturated rings. The van der Waals surface area contributed by atoms with Gasteiger partial charge in [0, 0.05) is 0 Å². The Morgan fingerprint density at radius 2 is 1.25 bits per heavy atom. The van der Waals surface area contributed by atoms with Crippen molar-refractivity contribution in [3.8, 4) is 0 Å². The molecule has 0 aliphatic carbocycles. The topological polar surface area (TPSA) is 58.9 Å². The van der Waals surface area contributed by atoms with E-state index in [0.717, 1.165) is 0 Å². The zero-order valence-electron chi connectivity index (χ0n) is 7.69. The summed E-state index contributed by atoms with van der Waals surface area (Å²) >= 11 is 5.38. The molecule has 0 amide bonds. The SMILES string of the molecule is CC(C)OP(O)(O)(Cl)OC(C)C. The summed E-state index contributed by atoms with van der Waals surface area (Å²) in [6.45, 7) is 1.74. The van der Waals surface area contributed by atoms with E-state index in [4.69, 9.17) is 20.3 Å². The number of hydrogen-bond donors (Lipinski definition) is 2. The van der Waals surface area contributed by atoms with Crippen LogP contribution in [0.4, 0.5) is 0 Å². The van der Waals surface area contributed by atoms with Gasteiger partial charge in [0.2, 0.25) is 0 Å². The molecule has 0 unspecified atom stereocenters. The van der Waals surface area contributed by atoms with Gasteiger partial charge in [-0.05, 0) is 0 Å². The third kappa shape index (κ3) is 6.12. The van der Waals surface area contributed by atoms with E-state index in [1.165, 1.54) is 0 Å². The Morgan fingerprint density at radius 1 is 1.00 bits per heavy atom. The molecule has 0 aromatic carbocycles. The zero-order chi connectivity index (χ0) is 10.0. The molecular weight excluding hydrogens is 202 g/mol. The van der Waals surface area contributed by atoms with Gasteiger partial charge in [0.15, 0.2) is 0 Å². The van der Waals surface area contributed by atoms with Gasteiger partial charge >= 0.3 is 76.8 Å². The second-order valence-electron chi connectivity index (χ2n) is 3.09. The molecule has 0 heterocycles. The molecule has 76 valence electrons. The first-order valence-corrected chi connectivity index (χ1v) is 6.60. The third-order valence-corrected chi connectivity index (χ3v) is 2.81. The van der Waals surface area contributed by atoms with Crippen LogP contribution < -0.4 is 0 Å². The predicted molar refractivity (Wildman–Crippen MR) is 49.7 cm³/mol. The summed E-state index contributed by atoms with van der Waals surface area (Å²) in [5, 5.41) is 0. The van der Waals surface area contributed by atoms with Gasteiger partial charge in [0.25, 0.3) is 0 Å². The van der Waals surface area contributed by atoms with Crippen LogP contribution in [0.1, 0.15) is 27.7 Å². The van der Waals surface area contributed by atoms with Gasteiger partial charge in [0.1, 0.15) is 0 Å². The van der Waals surface area contributed by atoms with Gasteiger partial charge in [-0.3, -0.25) is 0 Å². The average Bonchev–Trinajstić information content (AvgIpc) is 1.49. The van der Waals surface area contributed by atoms with E-state index in [1.54, 1.807) is 27.7 Å². The molecule has 0 aliphatic heterocycles. The molecule has 0 atom stereocenters. The Kier molecular flexibility index (Phi) is 3.92. The fourth-order valence-electron chi connectivity index (χ4n) is 0.733. The minimum absolute atomic E-state index is 0.395. The van der Waals surface area contributed by atoms with Gasteiger partial charge < -0.3 is 0 Å². The molecule has 2 N–H and O–H groups in total. The quantitative estimate of drug-likeness (QED) is 0.711. The second-order valence-corrected chi connectivity index (χ2v) is 6.80.